The zero-order valence-electron chi connectivity index (χ0n) is 23.3. The Balaban J connectivity index is 1.11. The predicted molar refractivity (Wildman–Crippen MR) is 192 cm³/mol. The van der Waals surface area contributed by atoms with Gasteiger partial charge in [-0.2, -0.15) is 8.75 Å². The molecule has 8 rings (SSSR count). The summed E-state index contributed by atoms with van der Waals surface area (Å²) in [6.45, 7) is 0. The van der Waals surface area contributed by atoms with Crippen LogP contribution >= 0.6 is 54.9 Å². The van der Waals surface area contributed by atoms with E-state index in [4.69, 9.17) is 9.11 Å². The summed E-state index contributed by atoms with van der Waals surface area (Å²) in [7, 11) is 1.68. The molecule has 0 spiro atoms. The van der Waals surface area contributed by atoms with Crippen molar-refractivity contribution in [3.05, 3.63) is 135 Å². The molecule has 212 valence electrons. The third-order valence-corrected chi connectivity index (χ3v) is 10.7. The highest BCUT2D eigenvalue weighted by Gasteiger charge is 2.24. The monoisotopic (exact) mass is 732 g/mol. The molecule has 2 heterocycles. The zero-order valence-corrected chi connectivity index (χ0v) is 28.1. The summed E-state index contributed by atoms with van der Waals surface area (Å²) in [6, 6.07) is 38.7. The van der Waals surface area contributed by atoms with Gasteiger partial charge in [0.05, 0.1) is 18.8 Å². The standard InChI is InChI=1S/C37H22Br2N2OS2/c1-42-26-10-6-22(7-11-26)27-14-15-30(37-36(27)40-44-41-37)35-17-16-34(43-35)23-4-2-21(3-5-23)18-31-32-19-24(38)8-12-28(32)29-13-9-25(39)20-33(29)31/h2-20H,1H3. The molecule has 0 unspecified atom stereocenters. The molecule has 7 aromatic rings. The quantitative estimate of drug-likeness (QED) is 0.177. The van der Waals surface area contributed by atoms with E-state index in [1.807, 2.05) is 12.1 Å². The van der Waals surface area contributed by atoms with Gasteiger partial charge in [-0.05, 0) is 99.1 Å². The van der Waals surface area contributed by atoms with E-state index in [1.165, 1.54) is 60.4 Å². The number of rotatable bonds is 5. The van der Waals surface area contributed by atoms with E-state index in [0.717, 1.165) is 42.4 Å². The second kappa shape index (κ2) is 11.2. The number of fused-ring (bicyclic) bond motifs is 4. The van der Waals surface area contributed by atoms with E-state index < -0.39 is 0 Å². The Morgan fingerprint density at radius 2 is 1.14 bits per heavy atom. The summed E-state index contributed by atoms with van der Waals surface area (Å²) in [5.41, 5.74) is 13.8. The third-order valence-electron chi connectivity index (χ3n) is 8.03. The van der Waals surface area contributed by atoms with Crippen LogP contribution in [-0.2, 0) is 0 Å². The summed E-state index contributed by atoms with van der Waals surface area (Å²) < 4.78 is 16.9. The van der Waals surface area contributed by atoms with Crippen LogP contribution in [0, 0.1) is 0 Å². The van der Waals surface area contributed by atoms with E-state index in [9.17, 15) is 0 Å². The van der Waals surface area contributed by atoms with Gasteiger partial charge in [0.15, 0.2) is 0 Å². The Labute approximate surface area is 280 Å². The van der Waals surface area contributed by atoms with Crippen molar-refractivity contribution >= 4 is 77.6 Å². The van der Waals surface area contributed by atoms with Gasteiger partial charge >= 0.3 is 0 Å². The Morgan fingerprint density at radius 3 is 1.80 bits per heavy atom. The number of aromatic nitrogens is 2. The van der Waals surface area contributed by atoms with Crippen LogP contribution in [-0.4, -0.2) is 15.9 Å². The number of methoxy groups -OCH3 is 1. The van der Waals surface area contributed by atoms with Crippen LogP contribution in [0.2, 0.25) is 0 Å². The van der Waals surface area contributed by atoms with Crippen LogP contribution < -0.4 is 4.74 Å². The molecule has 0 saturated heterocycles. The molecule has 1 aliphatic carbocycles. The minimum Gasteiger partial charge on any atom is -0.497 e. The summed E-state index contributed by atoms with van der Waals surface area (Å²) in [6.07, 6.45) is 2.30. The molecule has 0 fully saturated rings. The van der Waals surface area contributed by atoms with Crippen LogP contribution in [0.1, 0.15) is 16.7 Å². The van der Waals surface area contributed by atoms with Crippen LogP contribution in [0.3, 0.4) is 0 Å². The molecule has 3 nitrogen and oxygen atoms in total. The third kappa shape index (κ3) is 4.85. The molecule has 7 heteroatoms. The first-order valence-electron chi connectivity index (χ1n) is 14.0. The predicted octanol–water partition coefficient (Wildman–Crippen LogP) is 11.9. The van der Waals surface area contributed by atoms with Crippen LogP contribution in [0.25, 0.3) is 65.8 Å². The Bertz CT molecular complexity index is 2180. The first-order valence-corrected chi connectivity index (χ1v) is 17.1. The smallest absolute Gasteiger partial charge is 0.118 e. The van der Waals surface area contributed by atoms with Gasteiger partial charge in [-0.3, -0.25) is 0 Å². The first-order chi connectivity index (χ1) is 21.6. The van der Waals surface area contributed by atoms with E-state index in [2.05, 4.69) is 139 Å². The number of hydrogen-bond acceptors (Lipinski definition) is 5. The maximum Gasteiger partial charge on any atom is 0.118 e. The lowest BCUT2D eigenvalue weighted by molar-refractivity contribution is 0.415. The van der Waals surface area contributed by atoms with Crippen LogP contribution in [0.15, 0.2) is 118 Å². The minimum atomic E-state index is 0.838. The number of halogens is 2. The average Bonchev–Trinajstić information content (AvgIpc) is 3.80. The van der Waals surface area contributed by atoms with Crippen LogP contribution in [0.4, 0.5) is 0 Å². The van der Waals surface area contributed by atoms with E-state index >= 15 is 0 Å². The molecule has 44 heavy (non-hydrogen) atoms. The van der Waals surface area contributed by atoms with Crippen molar-refractivity contribution in [3.63, 3.8) is 0 Å². The van der Waals surface area contributed by atoms with Gasteiger partial charge < -0.3 is 4.74 Å². The van der Waals surface area contributed by atoms with Gasteiger partial charge in [0.25, 0.3) is 0 Å². The fraction of sp³-hybridized carbons (Fsp3) is 0.0270. The molecular weight excluding hydrogens is 712 g/mol. The van der Waals surface area contributed by atoms with E-state index in [-0.39, 0.29) is 0 Å². The lowest BCUT2D eigenvalue weighted by Crippen LogP contribution is -1.85. The molecule has 0 atom stereocenters. The van der Waals surface area contributed by atoms with Crippen LogP contribution in [0.5, 0.6) is 5.75 Å². The molecule has 0 bridgehead atoms. The maximum absolute atomic E-state index is 5.33. The van der Waals surface area contributed by atoms with Crippen molar-refractivity contribution in [2.75, 3.05) is 7.11 Å². The maximum atomic E-state index is 5.33. The number of thiophene rings is 1. The van der Waals surface area contributed by atoms with Crippen molar-refractivity contribution in [1.82, 2.24) is 8.75 Å². The second-order valence-corrected chi connectivity index (χ2v) is 14.0. The molecule has 0 radical (unpaired) electrons. The highest BCUT2D eigenvalue weighted by molar-refractivity contribution is 9.10. The zero-order chi connectivity index (χ0) is 29.8. The van der Waals surface area contributed by atoms with Gasteiger partial charge in [0.2, 0.25) is 0 Å². The molecule has 0 saturated carbocycles. The fourth-order valence-electron chi connectivity index (χ4n) is 5.87. The van der Waals surface area contributed by atoms with Gasteiger partial charge in [0.1, 0.15) is 16.8 Å². The van der Waals surface area contributed by atoms with Gasteiger partial charge in [0, 0.05) is 29.8 Å². The summed E-state index contributed by atoms with van der Waals surface area (Å²) >= 11 is 10.4. The topological polar surface area (TPSA) is 35.0 Å². The summed E-state index contributed by atoms with van der Waals surface area (Å²) in [5.74, 6) is 0.838. The lowest BCUT2D eigenvalue weighted by atomic mass is 10.0. The molecule has 0 amide bonds. The first kappa shape index (κ1) is 27.7. The van der Waals surface area contributed by atoms with Crippen molar-refractivity contribution < 1.29 is 4.74 Å². The summed E-state index contributed by atoms with van der Waals surface area (Å²) in [4.78, 5) is 2.40. The second-order valence-electron chi connectivity index (χ2n) is 10.6. The fourth-order valence-corrected chi connectivity index (χ4v) is 8.20. The number of hydrogen-bond donors (Lipinski definition) is 0. The largest absolute Gasteiger partial charge is 0.497 e. The van der Waals surface area contributed by atoms with Crippen molar-refractivity contribution in [2.24, 2.45) is 0 Å². The minimum absolute atomic E-state index is 0.838. The number of benzene rings is 5. The SMILES string of the molecule is COc1ccc(-c2ccc(-c3ccc(-c4ccc(C=C5c6cc(Br)ccc6-c6ccc(Br)cc65)cc4)s3)c3nsnc23)cc1. The van der Waals surface area contributed by atoms with E-state index in [1.54, 1.807) is 18.4 Å². The highest BCUT2D eigenvalue weighted by Crippen LogP contribution is 2.47. The Kier molecular flexibility index (Phi) is 7.06. The lowest BCUT2D eigenvalue weighted by Gasteiger charge is -2.07. The molecule has 0 aliphatic heterocycles. The molecule has 0 N–H and O–H groups in total. The van der Waals surface area contributed by atoms with Crippen molar-refractivity contribution in [2.45, 2.75) is 0 Å². The molecule has 1 aliphatic rings. The highest BCUT2D eigenvalue weighted by atomic mass is 79.9. The van der Waals surface area contributed by atoms with Gasteiger partial charge in [-0.25, -0.2) is 0 Å². The molecule has 2 aromatic heterocycles. The Hall–Kier alpha value is -3.88. The molecular formula is C37H22Br2N2OS2. The van der Waals surface area contributed by atoms with Gasteiger partial charge in [-0.15, -0.1) is 11.3 Å². The molecule has 5 aromatic carbocycles. The van der Waals surface area contributed by atoms with Crippen molar-refractivity contribution in [1.29, 1.82) is 0 Å². The normalized spacial score (nSPS) is 11.9. The van der Waals surface area contributed by atoms with Gasteiger partial charge in [-0.1, -0.05) is 92.5 Å². The summed E-state index contributed by atoms with van der Waals surface area (Å²) in [5, 5.41) is 0. The van der Waals surface area contributed by atoms with E-state index in [0.29, 0.717) is 0 Å². The average molecular weight is 735 g/mol. The number of nitrogens with zero attached hydrogens (tertiary/aromatic N) is 2. The Morgan fingerprint density at radius 1 is 0.568 bits per heavy atom. The van der Waals surface area contributed by atoms with Crippen molar-refractivity contribution in [3.8, 4) is 48.9 Å². The number of ether oxygens (including phenoxy) is 1.